The molecule has 0 aliphatic rings. The third-order valence-electron chi connectivity index (χ3n) is 3.69. The molecule has 1 aromatic heterocycles. The summed E-state index contributed by atoms with van der Waals surface area (Å²) < 4.78 is 18.5. The van der Waals surface area contributed by atoms with E-state index < -0.39 is 11.7 Å². The zero-order chi connectivity index (χ0) is 19.4. The van der Waals surface area contributed by atoms with Crippen molar-refractivity contribution in [1.29, 1.82) is 0 Å². The summed E-state index contributed by atoms with van der Waals surface area (Å²) in [7, 11) is 1.58. The van der Waals surface area contributed by atoms with E-state index in [0.29, 0.717) is 17.3 Å². The summed E-state index contributed by atoms with van der Waals surface area (Å²) in [5.74, 6) is 0.0824. The van der Waals surface area contributed by atoms with Gasteiger partial charge in [0.25, 0.3) is 5.91 Å². The van der Waals surface area contributed by atoms with Crippen molar-refractivity contribution in [1.82, 2.24) is 10.2 Å². The van der Waals surface area contributed by atoms with E-state index in [1.54, 1.807) is 13.2 Å². The van der Waals surface area contributed by atoms with Crippen molar-refractivity contribution >= 4 is 34.7 Å². The monoisotopic (exact) mass is 386 g/mol. The Labute approximate surface area is 160 Å². The summed E-state index contributed by atoms with van der Waals surface area (Å²) in [5, 5.41) is 13.5. The van der Waals surface area contributed by atoms with Crippen molar-refractivity contribution in [2.24, 2.45) is 0 Å². The summed E-state index contributed by atoms with van der Waals surface area (Å²) in [6.07, 6.45) is 0. The lowest BCUT2D eigenvalue weighted by Gasteiger charge is -2.11. The van der Waals surface area contributed by atoms with E-state index in [1.165, 1.54) is 24.3 Å². The van der Waals surface area contributed by atoms with Gasteiger partial charge in [0.05, 0.1) is 17.8 Å². The molecule has 27 heavy (non-hydrogen) atoms. The zero-order valence-corrected chi connectivity index (χ0v) is 15.3. The van der Waals surface area contributed by atoms with Gasteiger partial charge in [0.2, 0.25) is 0 Å². The van der Waals surface area contributed by atoms with Crippen LogP contribution in [0.2, 0.25) is 5.02 Å². The quantitative estimate of drug-likeness (QED) is 0.671. The number of nitrogens with one attached hydrogen (secondary N) is 2. The molecule has 2 N–H and O–H groups in total. The zero-order valence-electron chi connectivity index (χ0n) is 14.6. The van der Waals surface area contributed by atoms with Crippen molar-refractivity contribution < 1.29 is 13.9 Å². The van der Waals surface area contributed by atoms with Crippen LogP contribution in [0.15, 0.2) is 48.5 Å². The molecule has 1 amide bonds. The summed E-state index contributed by atoms with van der Waals surface area (Å²) in [4.78, 5) is 12.2. The van der Waals surface area contributed by atoms with Crippen molar-refractivity contribution in [3.8, 4) is 5.75 Å². The van der Waals surface area contributed by atoms with Crippen LogP contribution in [0, 0.1) is 12.7 Å². The van der Waals surface area contributed by atoms with E-state index in [9.17, 15) is 9.18 Å². The van der Waals surface area contributed by atoms with Crippen LogP contribution in [0.5, 0.6) is 5.75 Å². The normalized spacial score (nSPS) is 10.4. The number of halogens is 2. The van der Waals surface area contributed by atoms with Crippen molar-refractivity contribution in [2.75, 3.05) is 17.7 Å². The minimum Gasteiger partial charge on any atom is -0.495 e. The number of anilines is 3. The number of ether oxygens (including phenoxy) is 1. The number of nitrogens with zero attached hydrogens (tertiary/aromatic N) is 2. The molecule has 3 rings (SSSR count). The van der Waals surface area contributed by atoms with Crippen LogP contribution in [0.3, 0.4) is 0 Å². The standard InChI is InChI=1S/C19H16ClFN4O2/c1-11-3-7-17(27-2)16(9-11)23-18-8-6-15(24-25-18)19(26)22-12-4-5-14(21)13(20)10-12/h3-10H,1-2H3,(H,22,26)(H,23,25). The average molecular weight is 387 g/mol. The van der Waals surface area contributed by atoms with Gasteiger partial charge in [0.15, 0.2) is 11.5 Å². The fraction of sp³-hybridized carbons (Fsp3) is 0.105. The second-order valence-electron chi connectivity index (χ2n) is 5.72. The first-order valence-corrected chi connectivity index (χ1v) is 8.36. The van der Waals surface area contributed by atoms with E-state index in [1.807, 2.05) is 25.1 Å². The molecule has 0 bridgehead atoms. The Morgan fingerprint density at radius 3 is 2.59 bits per heavy atom. The topological polar surface area (TPSA) is 76.1 Å². The summed E-state index contributed by atoms with van der Waals surface area (Å²) >= 11 is 5.70. The van der Waals surface area contributed by atoms with Crippen molar-refractivity contribution in [3.63, 3.8) is 0 Å². The predicted molar refractivity (Wildman–Crippen MR) is 102 cm³/mol. The largest absolute Gasteiger partial charge is 0.495 e. The summed E-state index contributed by atoms with van der Waals surface area (Å²) in [6, 6.07) is 12.8. The molecule has 8 heteroatoms. The smallest absolute Gasteiger partial charge is 0.276 e. The number of aryl methyl sites for hydroxylation is 1. The van der Waals surface area contributed by atoms with Gasteiger partial charge in [-0.15, -0.1) is 10.2 Å². The number of rotatable bonds is 5. The van der Waals surface area contributed by atoms with Crippen LogP contribution < -0.4 is 15.4 Å². The van der Waals surface area contributed by atoms with E-state index in [-0.39, 0.29) is 10.7 Å². The maximum absolute atomic E-state index is 13.2. The fourth-order valence-electron chi connectivity index (χ4n) is 2.35. The molecule has 3 aromatic rings. The van der Waals surface area contributed by atoms with E-state index in [4.69, 9.17) is 16.3 Å². The molecular weight excluding hydrogens is 371 g/mol. The van der Waals surface area contributed by atoms with Gasteiger partial charge in [-0.25, -0.2) is 4.39 Å². The molecule has 1 heterocycles. The van der Waals surface area contributed by atoms with Crippen LogP contribution in [-0.4, -0.2) is 23.2 Å². The van der Waals surface area contributed by atoms with E-state index in [2.05, 4.69) is 20.8 Å². The van der Waals surface area contributed by atoms with Crippen molar-refractivity contribution in [3.05, 3.63) is 70.6 Å². The van der Waals surface area contributed by atoms with Gasteiger partial charge in [0.1, 0.15) is 11.6 Å². The molecule has 0 saturated heterocycles. The highest BCUT2D eigenvalue weighted by atomic mass is 35.5. The lowest BCUT2D eigenvalue weighted by Crippen LogP contribution is -2.14. The third-order valence-corrected chi connectivity index (χ3v) is 3.98. The molecule has 138 valence electrons. The van der Waals surface area contributed by atoms with Gasteiger partial charge in [-0.2, -0.15) is 0 Å². The van der Waals surface area contributed by atoms with E-state index in [0.717, 1.165) is 11.3 Å². The van der Waals surface area contributed by atoms with Gasteiger partial charge in [-0.3, -0.25) is 4.79 Å². The summed E-state index contributed by atoms with van der Waals surface area (Å²) in [5.41, 5.74) is 2.27. The summed E-state index contributed by atoms with van der Waals surface area (Å²) in [6.45, 7) is 1.96. The molecule has 0 aliphatic carbocycles. The van der Waals surface area contributed by atoms with Gasteiger partial charge < -0.3 is 15.4 Å². The van der Waals surface area contributed by atoms with Crippen LogP contribution in [0.25, 0.3) is 0 Å². The maximum Gasteiger partial charge on any atom is 0.276 e. The Morgan fingerprint density at radius 1 is 1.11 bits per heavy atom. The molecule has 0 spiro atoms. The highest BCUT2D eigenvalue weighted by Crippen LogP contribution is 2.27. The molecule has 0 atom stereocenters. The SMILES string of the molecule is COc1ccc(C)cc1Nc1ccc(C(=O)Nc2ccc(F)c(Cl)c2)nn1. The minimum atomic E-state index is -0.559. The Kier molecular flexibility index (Phi) is 5.52. The first-order valence-electron chi connectivity index (χ1n) is 7.98. The second kappa shape index (κ2) is 8.01. The lowest BCUT2D eigenvalue weighted by atomic mass is 10.2. The number of carbonyl (C=O) groups is 1. The van der Waals surface area contributed by atoms with Crippen LogP contribution in [0.4, 0.5) is 21.6 Å². The first-order chi connectivity index (χ1) is 13.0. The minimum absolute atomic E-state index is 0.0782. The highest BCUT2D eigenvalue weighted by molar-refractivity contribution is 6.31. The molecular formula is C19H16ClFN4O2. The van der Waals surface area contributed by atoms with Gasteiger partial charge in [-0.05, 0) is 55.0 Å². The Morgan fingerprint density at radius 2 is 1.93 bits per heavy atom. The van der Waals surface area contributed by atoms with Crippen LogP contribution >= 0.6 is 11.6 Å². The Bertz CT molecular complexity index is 980. The van der Waals surface area contributed by atoms with Crippen LogP contribution in [0.1, 0.15) is 16.1 Å². The Hall–Kier alpha value is -3.19. The number of benzene rings is 2. The number of hydrogen-bond acceptors (Lipinski definition) is 5. The van der Waals surface area contributed by atoms with Gasteiger partial charge in [-0.1, -0.05) is 17.7 Å². The number of methoxy groups -OCH3 is 1. The highest BCUT2D eigenvalue weighted by Gasteiger charge is 2.11. The number of aromatic nitrogens is 2. The number of carbonyl (C=O) groups excluding carboxylic acids is 1. The van der Waals surface area contributed by atoms with Gasteiger partial charge >= 0.3 is 0 Å². The van der Waals surface area contributed by atoms with E-state index >= 15 is 0 Å². The molecule has 0 unspecified atom stereocenters. The third kappa shape index (κ3) is 4.51. The Balaban J connectivity index is 1.72. The lowest BCUT2D eigenvalue weighted by molar-refractivity contribution is 0.102. The molecule has 6 nitrogen and oxygen atoms in total. The molecule has 0 saturated carbocycles. The first kappa shape index (κ1) is 18.6. The predicted octanol–water partition coefficient (Wildman–Crippen LogP) is 4.58. The van der Waals surface area contributed by atoms with Gasteiger partial charge in [0, 0.05) is 5.69 Å². The molecule has 0 aliphatic heterocycles. The van der Waals surface area contributed by atoms with Crippen LogP contribution in [-0.2, 0) is 0 Å². The van der Waals surface area contributed by atoms with Crippen molar-refractivity contribution in [2.45, 2.75) is 6.92 Å². The molecule has 0 fully saturated rings. The molecule has 2 aromatic carbocycles. The maximum atomic E-state index is 13.2. The number of hydrogen-bond donors (Lipinski definition) is 2. The average Bonchev–Trinajstić information content (AvgIpc) is 2.65. The fourth-order valence-corrected chi connectivity index (χ4v) is 2.53. The second-order valence-corrected chi connectivity index (χ2v) is 6.12. The number of amides is 1. The molecule has 0 radical (unpaired) electrons.